The van der Waals surface area contributed by atoms with Gasteiger partial charge in [0.15, 0.2) is 0 Å². The van der Waals surface area contributed by atoms with Gasteiger partial charge in [-0.15, -0.1) is 0 Å². The maximum absolute atomic E-state index is 13.4. The van der Waals surface area contributed by atoms with Crippen LogP contribution in [0.3, 0.4) is 0 Å². The van der Waals surface area contributed by atoms with Crippen LogP contribution < -0.4 is 0 Å². The second kappa shape index (κ2) is 3.28. The largest absolute Gasteiger partial charge is 0.469 e. The highest BCUT2D eigenvalue weighted by molar-refractivity contribution is 5.72. The van der Waals surface area contributed by atoms with Crippen molar-refractivity contribution in [3.05, 3.63) is 0 Å². The van der Waals surface area contributed by atoms with E-state index < -0.39 is 6.17 Å². The number of carbonyl (C=O) groups excluding carboxylic acids is 1. The fourth-order valence-electron chi connectivity index (χ4n) is 2.81. The van der Waals surface area contributed by atoms with Crippen molar-refractivity contribution < 1.29 is 13.9 Å². The van der Waals surface area contributed by atoms with Crippen LogP contribution in [0.2, 0.25) is 0 Å². The molecule has 0 saturated heterocycles. The normalized spacial score (nSPS) is 43.2. The molecule has 2 atom stereocenters. The van der Waals surface area contributed by atoms with E-state index in [1.165, 1.54) is 7.11 Å². The number of carbonyl (C=O) groups is 1. The molecule has 74 valence electrons. The summed E-state index contributed by atoms with van der Waals surface area (Å²) in [6.45, 7) is 0. The van der Waals surface area contributed by atoms with Crippen LogP contribution in [0.25, 0.3) is 0 Å². The number of hydrogen-bond donors (Lipinski definition) is 0. The highest BCUT2D eigenvalue weighted by atomic mass is 19.1. The molecule has 0 aromatic carbocycles. The van der Waals surface area contributed by atoms with Gasteiger partial charge in [0, 0.05) is 0 Å². The molecule has 0 unspecified atom stereocenters. The predicted octanol–water partition coefficient (Wildman–Crippen LogP) is 1.93. The molecule has 0 N–H and O–H groups in total. The molecule has 13 heavy (non-hydrogen) atoms. The van der Waals surface area contributed by atoms with E-state index in [1.807, 2.05) is 0 Å². The number of alkyl halides is 1. The van der Waals surface area contributed by atoms with E-state index in [-0.39, 0.29) is 23.7 Å². The Morgan fingerprint density at radius 2 is 1.85 bits per heavy atom. The van der Waals surface area contributed by atoms with Gasteiger partial charge in [0.1, 0.15) is 6.17 Å². The van der Waals surface area contributed by atoms with E-state index in [0.29, 0.717) is 12.8 Å². The lowest BCUT2D eigenvalue weighted by Gasteiger charge is -2.28. The van der Waals surface area contributed by atoms with E-state index in [9.17, 15) is 9.18 Å². The van der Waals surface area contributed by atoms with Crippen molar-refractivity contribution in [2.24, 2.45) is 17.8 Å². The lowest BCUT2D eigenvalue weighted by atomic mass is 9.80. The fourth-order valence-corrected chi connectivity index (χ4v) is 2.81. The molecule has 2 aliphatic rings. The molecule has 2 aliphatic carbocycles. The molecular weight excluding hydrogens is 171 g/mol. The number of halogens is 1. The van der Waals surface area contributed by atoms with E-state index >= 15 is 0 Å². The molecule has 0 amide bonds. The first kappa shape index (κ1) is 8.97. The SMILES string of the molecule is COC(=O)C1C[C@@H]2CC[C@@H](C1)C2F. The molecule has 2 rings (SSSR count). The maximum Gasteiger partial charge on any atom is 0.308 e. The van der Waals surface area contributed by atoms with Gasteiger partial charge < -0.3 is 4.74 Å². The second-order valence-electron chi connectivity index (χ2n) is 4.23. The fraction of sp³-hybridized carbons (Fsp3) is 0.900. The molecule has 0 spiro atoms. The zero-order valence-electron chi connectivity index (χ0n) is 7.83. The number of rotatable bonds is 1. The quantitative estimate of drug-likeness (QED) is 0.585. The van der Waals surface area contributed by atoms with Gasteiger partial charge >= 0.3 is 5.97 Å². The summed E-state index contributed by atoms with van der Waals surface area (Å²) in [5.41, 5.74) is 0. The van der Waals surface area contributed by atoms with Crippen molar-refractivity contribution in [2.75, 3.05) is 7.11 Å². The number of fused-ring (bicyclic) bond motifs is 2. The molecule has 2 fully saturated rings. The summed E-state index contributed by atoms with van der Waals surface area (Å²) < 4.78 is 18.1. The Hall–Kier alpha value is -0.600. The second-order valence-corrected chi connectivity index (χ2v) is 4.23. The molecule has 0 radical (unpaired) electrons. The first-order chi connectivity index (χ1) is 6.22. The van der Waals surface area contributed by atoms with Crippen molar-refractivity contribution in [1.29, 1.82) is 0 Å². The van der Waals surface area contributed by atoms with Gasteiger partial charge in [-0.3, -0.25) is 4.79 Å². The summed E-state index contributed by atoms with van der Waals surface area (Å²) in [7, 11) is 1.41. The third-order valence-corrected chi connectivity index (χ3v) is 3.52. The summed E-state index contributed by atoms with van der Waals surface area (Å²) in [4.78, 5) is 11.2. The minimum Gasteiger partial charge on any atom is -0.469 e. The van der Waals surface area contributed by atoms with Crippen LogP contribution in [0.5, 0.6) is 0 Å². The van der Waals surface area contributed by atoms with Crippen molar-refractivity contribution in [2.45, 2.75) is 31.9 Å². The number of esters is 1. The Balaban J connectivity index is 2.02. The molecular formula is C10H15FO2. The third-order valence-electron chi connectivity index (χ3n) is 3.52. The van der Waals surface area contributed by atoms with Gasteiger partial charge in [-0.05, 0) is 37.5 Å². The minimum absolute atomic E-state index is 0.0329. The molecule has 2 saturated carbocycles. The van der Waals surface area contributed by atoms with Gasteiger partial charge in [-0.1, -0.05) is 0 Å². The Morgan fingerprint density at radius 3 is 2.31 bits per heavy atom. The van der Waals surface area contributed by atoms with Crippen molar-refractivity contribution in [3.8, 4) is 0 Å². The summed E-state index contributed by atoms with van der Waals surface area (Å²) in [5.74, 6) is 0.0731. The lowest BCUT2D eigenvalue weighted by Crippen LogP contribution is -2.31. The van der Waals surface area contributed by atoms with Crippen LogP contribution in [0.4, 0.5) is 4.39 Å². The monoisotopic (exact) mass is 186 g/mol. The van der Waals surface area contributed by atoms with Crippen LogP contribution >= 0.6 is 0 Å². The summed E-state index contributed by atoms with van der Waals surface area (Å²) >= 11 is 0. The van der Waals surface area contributed by atoms with E-state index in [2.05, 4.69) is 4.74 Å². The summed E-state index contributed by atoms with van der Waals surface area (Å²) in [6, 6.07) is 0. The molecule has 0 heterocycles. The highest BCUT2D eigenvalue weighted by Crippen LogP contribution is 2.46. The molecule has 0 aliphatic heterocycles. The van der Waals surface area contributed by atoms with Gasteiger partial charge in [-0.25, -0.2) is 4.39 Å². The van der Waals surface area contributed by atoms with Crippen LogP contribution in [0.15, 0.2) is 0 Å². The topological polar surface area (TPSA) is 26.3 Å². The Morgan fingerprint density at radius 1 is 1.31 bits per heavy atom. The first-order valence-electron chi connectivity index (χ1n) is 4.94. The Kier molecular flexibility index (Phi) is 2.26. The zero-order chi connectivity index (χ0) is 9.42. The van der Waals surface area contributed by atoms with Crippen LogP contribution in [-0.2, 0) is 9.53 Å². The van der Waals surface area contributed by atoms with Crippen LogP contribution in [0.1, 0.15) is 25.7 Å². The summed E-state index contributed by atoms with van der Waals surface area (Å²) in [6.07, 6.45) is 2.66. The number of ether oxygens (including phenoxy) is 1. The minimum atomic E-state index is -0.652. The first-order valence-corrected chi connectivity index (χ1v) is 4.94. The standard InChI is InChI=1S/C10H15FO2/c1-13-10(12)8-4-6-2-3-7(5-8)9(6)11/h6-9H,2-5H2,1H3/t6-,7-,8?,9?/m0/s1. The predicted molar refractivity (Wildman–Crippen MR) is 45.9 cm³/mol. The maximum atomic E-state index is 13.4. The molecule has 0 aromatic rings. The van der Waals surface area contributed by atoms with Crippen LogP contribution in [-0.4, -0.2) is 19.3 Å². The van der Waals surface area contributed by atoms with E-state index in [4.69, 9.17) is 0 Å². The molecule has 3 heteroatoms. The van der Waals surface area contributed by atoms with Crippen LogP contribution in [0, 0.1) is 17.8 Å². The summed E-state index contributed by atoms with van der Waals surface area (Å²) in [5, 5.41) is 0. The van der Waals surface area contributed by atoms with Crippen molar-refractivity contribution >= 4 is 5.97 Å². The van der Waals surface area contributed by atoms with Gasteiger partial charge in [0.05, 0.1) is 13.0 Å². The van der Waals surface area contributed by atoms with Crippen molar-refractivity contribution in [1.82, 2.24) is 0 Å². The average Bonchev–Trinajstić information content (AvgIpc) is 2.42. The number of methoxy groups -OCH3 is 1. The Bertz CT molecular complexity index is 203. The smallest absolute Gasteiger partial charge is 0.308 e. The van der Waals surface area contributed by atoms with Gasteiger partial charge in [-0.2, -0.15) is 0 Å². The number of hydrogen-bond acceptors (Lipinski definition) is 2. The van der Waals surface area contributed by atoms with Gasteiger partial charge in [0.25, 0.3) is 0 Å². The van der Waals surface area contributed by atoms with Crippen molar-refractivity contribution in [3.63, 3.8) is 0 Å². The van der Waals surface area contributed by atoms with E-state index in [0.717, 1.165) is 12.8 Å². The third kappa shape index (κ3) is 1.45. The Labute approximate surface area is 77.5 Å². The molecule has 2 bridgehead atoms. The average molecular weight is 186 g/mol. The molecule has 2 nitrogen and oxygen atoms in total. The lowest BCUT2D eigenvalue weighted by molar-refractivity contribution is -0.148. The van der Waals surface area contributed by atoms with E-state index in [1.54, 1.807) is 0 Å². The molecule has 0 aromatic heterocycles. The zero-order valence-corrected chi connectivity index (χ0v) is 7.83. The highest BCUT2D eigenvalue weighted by Gasteiger charge is 2.45. The van der Waals surface area contributed by atoms with Gasteiger partial charge in [0.2, 0.25) is 0 Å².